The maximum absolute atomic E-state index is 11.2. The third kappa shape index (κ3) is 2.59. The molecule has 0 saturated carbocycles. The Bertz CT molecular complexity index is 377. The Morgan fingerprint density at radius 3 is 2.88 bits per heavy atom. The average molecular weight is 239 g/mol. The van der Waals surface area contributed by atoms with Crippen molar-refractivity contribution in [2.45, 2.75) is 13.3 Å². The van der Waals surface area contributed by atoms with Gasteiger partial charge in [-0.1, -0.05) is 0 Å². The largest absolute Gasteiger partial charge is 0.347 e. The molecule has 0 amide bonds. The van der Waals surface area contributed by atoms with E-state index in [1.54, 1.807) is 18.3 Å². The molecule has 88 valence electrons. The van der Waals surface area contributed by atoms with Gasteiger partial charge in [-0.15, -0.1) is 11.3 Å². The van der Waals surface area contributed by atoms with Crippen LogP contribution in [-0.4, -0.2) is 48.9 Å². The van der Waals surface area contributed by atoms with Gasteiger partial charge in [0.15, 0.2) is 10.9 Å². The predicted octanol–water partition coefficient (Wildman–Crippen LogP) is 1.49. The molecule has 1 aromatic rings. The molecule has 1 aromatic heterocycles. The highest BCUT2D eigenvalue weighted by molar-refractivity contribution is 7.13. The quantitative estimate of drug-likeness (QED) is 0.733. The second kappa shape index (κ2) is 4.93. The summed E-state index contributed by atoms with van der Waals surface area (Å²) >= 11 is 1.57. The number of Topliss-reactive ketones (excluding diaryl/α,β-unsaturated/α-hetero) is 1. The fourth-order valence-corrected chi connectivity index (χ4v) is 2.73. The van der Waals surface area contributed by atoms with Gasteiger partial charge in [0.05, 0.1) is 0 Å². The van der Waals surface area contributed by atoms with Gasteiger partial charge in [0.2, 0.25) is 0 Å². The number of ketones is 1. The molecular weight excluding hydrogens is 222 g/mol. The van der Waals surface area contributed by atoms with E-state index in [0.717, 1.165) is 37.7 Å². The van der Waals surface area contributed by atoms with Crippen LogP contribution in [0.4, 0.5) is 5.13 Å². The number of hydrogen-bond donors (Lipinski definition) is 0. The first-order valence-electron chi connectivity index (χ1n) is 5.57. The minimum atomic E-state index is 0.0504. The topological polar surface area (TPSA) is 36.4 Å². The first-order chi connectivity index (χ1) is 7.66. The first-order valence-corrected chi connectivity index (χ1v) is 6.45. The lowest BCUT2D eigenvalue weighted by atomic mass is 10.3. The molecule has 0 atom stereocenters. The Labute approximate surface area is 99.9 Å². The maximum Gasteiger partial charge on any atom is 0.186 e. The van der Waals surface area contributed by atoms with Crippen LogP contribution in [0.3, 0.4) is 0 Å². The molecule has 2 rings (SSSR count). The van der Waals surface area contributed by atoms with Crippen LogP contribution in [0.2, 0.25) is 0 Å². The van der Waals surface area contributed by atoms with Crippen LogP contribution in [0.1, 0.15) is 23.8 Å². The van der Waals surface area contributed by atoms with Crippen molar-refractivity contribution in [3.63, 3.8) is 0 Å². The van der Waals surface area contributed by atoms with Gasteiger partial charge in [-0.3, -0.25) is 4.79 Å². The van der Waals surface area contributed by atoms with Crippen molar-refractivity contribution >= 4 is 22.3 Å². The van der Waals surface area contributed by atoms with E-state index in [9.17, 15) is 4.79 Å². The van der Waals surface area contributed by atoms with E-state index in [2.05, 4.69) is 21.8 Å². The lowest BCUT2D eigenvalue weighted by Crippen LogP contribution is -2.28. The smallest absolute Gasteiger partial charge is 0.186 e. The SMILES string of the molecule is CC(=O)c1csc(N2CCCN(C)CC2)n1. The standard InChI is InChI=1S/C11H17N3OS/c1-9(15)10-8-16-11(12-10)14-5-3-4-13(2)6-7-14/h8H,3-7H2,1-2H3. The van der Waals surface area contributed by atoms with Crippen LogP contribution in [-0.2, 0) is 0 Å². The summed E-state index contributed by atoms with van der Waals surface area (Å²) in [6, 6.07) is 0. The number of thiazole rings is 1. The summed E-state index contributed by atoms with van der Waals surface area (Å²) < 4.78 is 0. The number of likely N-dealkylation sites (N-methyl/N-ethyl adjacent to an activating group) is 1. The molecule has 1 aliphatic rings. The zero-order valence-corrected chi connectivity index (χ0v) is 10.6. The summed E-state index contributed by atoms with van der Waals surface area (Å²) in [5.74, 6) is 0.0504. The van der Waals surface area contributed by atoms with Crippen molar-refractivity contribution in [3.05, 3.63) is 11.1 Å². The number of hydrogen-bond acceptors (Lipinski definition) is 5. The van der Waals surface area contributed by atoms with Gasteiger partial charge in [0, 0.05) is 31.9 Å². The second-order valence-electron chi connectivity index (χ2n) is 4.22. The second-order valence-corrected chi connectivity index (χ2v) is 5.05. The Morgan fingerprint density at radius 1 is 1.38 bits per heavy atom. The minimum Gasteiger partial charge on any atom is -0.347 e. The number of carbonyl (C=O) groups excluding carboxylic acids is 1. The van der Waals surface area contributed by atoms with E-state index in [-0.39, 0.29) is 5.78 Å². The molecule has 16 heavy (non-hydrogen) atoms. The van der Waals surface area contributed by atoms with Crippen LogP contribution < -0.4 is 4.90 Å². The molecule has 0 aliphatic carbocycles. The molecule has 0 aromatic carbocycles. The molecule has 2 heterocycles. The van der Waals surface area contributed by atoms with Gasteiger partial charge in [0.25, 0.3) is 0 Å². The Hall–Kier alpha value is -0.940. The Morgan fingerprint density at radius 2 is 2.19 bits per heavy atom. The molecule has 5 heteroatoms. The average Bonchev–Trinajstić information content (AvgIpc) is 2.63. The molecule has 0 unspecified atom stereocenters. The molecule has 0 spiro atoms. The number of rotatable bonds is 2. The third-order valence-electron chi connectivity index (χ3n) is 2.84. The highest BCUT2D eigenvalue weighted by atomic mass is 32.1. The maximum atomic E-state index is 11.2. The highest BCUT2D eigenvalue weighted by Gasteiger charge is 2.16. The number of aromatic nitrogens is 1. The van der Waals surface area contributed by atoms with Crippen molar-refractivity contribution < 1.29 is 4.79 Å². The van der Waals surface area contributed by atoms with Crippen molar-refractivity contribution in [3.8, 4) is 0 Å². The summed E-state index contributed by atoms with van der Waals surface area (Å²) in [7, 11) is 2.15. The van der Waals surface area contributed by atoms with Crippen molar-refractivity contribution in [2.24, 2.45) is 0 Å². The zero-order valence-electron chi connectivity index (χ0n) is 9.77. The van der Waals surface area contributed by atoms with Gasteiger partial charge in [-0.2, -0.15) is 0 Å². The fraction of sp³-hybridized carbons (Fsp3) is 0.636. The van der Waals surface area contributed by atoms with Crippen LogP contribution in [0, 0.1) is 0 Å². The molecule has 1 saturated heterocycles. The Kier molecular flexibility index (Phi) is 3.56. The van der Waals surface area contributed by atoms with Crippen LogP contribution in [0.15, 0.2) is 5.38 Å². The van der Waals surface area contributed by atoms with Crippen LogP contribution in [0.25, 0.3) is 0 Å². The molecule has 4 nitrogen and oxygen atoms in total. The normalized spacial score (nSPS) is 18.5. The van der Waals surface area contributed by atoms with E-state index in [4.69, 9.17) is 0 Å². The van der Waals surface area contributed by atoms with Gasteiger partial charge in [-0.05, 0) is 20.0 Å². The van der Waals surface area contributed by atoms with E-state index in [1.165, 1.54) is 0 Å². The van der Waals surface area contributed by atoms with Gasteiger partial charge >= 0.3 is 0 Å². The summed E-state index contributed by atoms with van der Waals surface area (Å²) in [4.78, 5) is 20.2. The van der Waals surface area contributed by atoms with Crippen molar-refractivity contribution in [2.75, 3.05) is 38.1 Å². The molecule has 1 aliphatic heterocycles. The Balaban J connectivity index is 2.07. The van der Waals surface area contributed by atoms with E-state index < -0.39 is 0 Å². The van der Waals surface area contributed by atoms with Gasteiger partial charge in [0.1, 0.15) is 5.69 Å². The fourth-order valence-electron chi connectivity index (χ4n) is 1.81. The summed E-state index contributed by atoms with van der Waals surface area (Å²) in [5, 5.41) is 2.84. The number of nitrogens with zero attached hydrogens (tertiary/aromatic N) is 3. The van der Waals surface area contributed by atoms with Crippen LogP contribution in [0.5, 0.6) is 0 Å². The molecule has 1 fully saturated rings. The van der Waals surface area contributed by atoms with Crippen molar-refractivity contribution in [1.29, 1.82) is 0 Å². The first kappa shape index (κ1) is 11.5. The monoisotopic (exact) mass is 239 g/mol. The van der Waals surface area contributed by atoms with Crippen LogP contribution >= 0.6 is 11.3 Å². The van der Waals surface area contributed by atoms with E-state index in [1.807, 2.05) is 5.38 Å². The summed E-state index contributed by atoms with van der Waals surface area (Å²) in [6.07, 6.45) is 1.16. The van der Waals surface area contributed by atoms with E-state index >= 15 is 0 Å². The van der Waals surface area contributed by atoms with Crippen molar-refractivity contribution in [1.82, 2.24) is 9.88 Å². The van der Waals surface area contributed by atoms with Gasteiger partial charge < -0.3 is 9.80 Å². The lowest BCUT2D eigenvalue weighted by Gasteiger charge is -2.18. The highest BCUT2D eigenvalue weighted by Crippen LogP contribution is 2.21. The summed E-state index contributed by atoms with van der Waals surface area (Å²) in [6.45, 7) is 5.81. The summed E-state index contributed by atoms with van der Waals surface area (Å²) in [5.41, 5.74) is 0.595. The van der Waals surface area contributed by atoms with Gasteiger partial charge in [-0.25, -0.2) is 4.98 Å². The van der Waals surface area contributed by atoms with E-state index in [0.29, 0.717) is 5.69 Å². The molecule has 0 bridgehead atoms. The lowest BCUT2D eigenvalue weighted by molar-refractivity contribution is 0.101. The number of anilines is 1. The molecule has 0 radical (unpaired) electrons. The zero-order chi connectivity index (χ0) is 11.5. The molecular formula is C11H17N3OS. The third-order valence-corrected chi connectivity index (χ3v) is 3.74. The predicted molar refractivity (Wildman–Crippen MR) is 66.4 cm³/mol. The number of carbonyl (C=O) groups is 1. The molecule has 0 N–H and O–H groups in total. The minimum absolute atomic E-state index is 0.0504.